The van der Waals surface area contributed by atoms with Gasteiger partial charge in [-0.3, -0.25) is 10.1 Å². The number of non-ortho nitro benzene ring substituents is 1. The van der Waals surface area contributed by atoms with Gasteiger partial charge in [0.05, 0.1) is 11.5 Å². The van der Waals surface area contributed by atoms with Crippen LogP contribution in [-0.4, -0.2) is 29.7 Å². The van der Waals surface area contributed by atoms with E-state index in [1.165, 1.54) is 12.1 Å². The highest BCUT2D eigenvalue weighted by molar-refractivity contribution is 5.32. The molecule has 0 aliphatic rings. The Bertz CT molecular complexity index is 325. The van der Waals surface area contributed by atoms with E-state index in [0.717, 1.165) is 24.9 Å². The number of hydrogen-bond donors (Lipinski definition) is 2. The van der Waals surface area contributed by atoms with Crippen LogP contribution in [0.15, 0.2) is 24.3 Å². The molecule has 0 saturated heterocycles. The Morgan fingerprint density at radius 3 is 2.50 bits per heavy atom. The van der Waals surface area contributed by atoms with Gasteiger partial charge in [-0.15, -0.1) is 0 Å². The summed E-state index contributed by atoms with van der Waals surface area (Å²) in [6.07, 6.45) is 1.84. The van der Waals surface area contributed by atoms with E-state index in [9.17, 15) is 10.1 Å². The quantitative estimate of drug-likeness (QED) is 0.413. The number of nitrogens with one attached hydrogen (secondary N) is 1. The van der Waals surface area contributed by atoms with Crippen molar-refractivity contribution < 1.29 is 10.0 Å². The topological polar surface area (TPSA) is 75.4 Å². The molecule has 88 valence electrons. The number of aliphatic hydroxyl groups is 1. The van der Waals surface area contributed by atoms with Crippen LogP contribution in [0.4, 0.5) is 5.69 Å². The molecule has 0 atom stereocenters. The molecule has 0 aromatic heterocycles. The van der Waals surface area contributed by atoms with E-state index in [1.54, 1.807) is 12.1 Å². The largest absolute Gasteiger partial charge is 0.395 e. The molecule has 0 fully saturated rings. The Morgan fingerprint density at radius 1 is 1.25 bits per heavy atom. The maximum Gasteiger partial charge on any atom is 0.269 e. The molecule has 0 aliphatic carbocycles. The summed E-state index contributed by atoms with van der Waals surface area (Å²) >= 11 is 0. The van der Waals surface area contributed by atoms with Crippen LogP contribution in [0.2, 0.25) is 0 Å². The number of nitro groups is 1. The lowest BCUT2D eigenvalue weighted by Gasteiger charge is -2.02. The van der Waals surface area contributed by atoms with Crippen molar-refractivity contribution in [3.63, 3.8) is 0 Å². The van der Waals surface area contributed by atoms with Crippen molar-refractivity contribution in [2.24, 2.45) is 0 Å². The molecule has 0 amide bonds. The number of nitro benzene ring substituents is 1. The summed E-state index contributed by atoms with van der Waals surface area (Å²) in [6, 6.07) is 6.61. The number of aryl methyl sites for hydroxylation is 1. The lowest BCUT2D eigenvalue weighted by Crippen LogP contribution is -2.19. The van der Waals surface area contributed by atoms with Gasteiger partial charge in [-0.2, -0.15) is 0 Å². The highest BCUT2D eigenvalue weighted by atomic mass is 16.6. The van der Waals surface area contributed by atoms with Crippen LogP contribution >= 0.6 is 0 Å². The monoisotopic (exact) mass is 224 g/mol. The van der Waals surface area contributed by atoms with E-state index in [0.29, 0.717) is 6.54 Å². The molecule has 0 unspecified atom stereocenters. The van der Waals surface area contributed by atoms with Gasteiger partial charge in [0.2, 0.25) is 0 Å². The molecule has 16 heavy (non-hydrogen) atoms. The van der Waals surface area contributed by atoms with Crippen LogP contribution in [0.25, 0.3) is 0 Å². The number of nitrogens with zero attached hydrogens (tertiary/aromatic N) is 1. The maximum atomic E-state index is 10.4. The van der Waals surface area contributed by atoms with Crippen LogP contribution < -0.4 is 5.32 Å². The number of aliphatic hydroxyl groups excluding tert-OH is 1. The number of benzene rings is 1. The molecule has 0 saturated carbocycles. The summed E-state index contributed by atoms with van der Waals surface area (Å²) in [4.78, 5) is 10.0. The standard InChI is InChI=1S/C11H16N2O3/c14-9-8-12-7-1-2-10-3-5-11(6-4-10)13(15)16/h3-6,12,14H,1-2,7-9H2. The van der Waals surface area contributed by atoms with Crippen molar-refractivity contribution in [2.45, 2.75) is 12.8 Å². The lowest BCUT2D eigenvalue weighted by molar-refractivity contribution is -0.384. The summed E-state index contributed by atoms with van der Waals surface area (Å²) in [6.45, 7) is 1.61. The first-order valence-electron chi connectivity index (χ1n) is 5.29. The molecule has 5 nitrogen and oxygen atoms in total. The SMILES string of the molecule is O=[N+]([O-])c1ccc(CCCNCCO)cc1. The van der Waals surface area contributed by atoms with Crippen LogP contribution in [-0.2, 0) is 6.42 Å². The highest BCUT2D eigenvalue weighted by Gasteiger charge is 2.03. The van der Waals surface area contributed by atoms with E-state index in [1.807, 2.05) is 0 Å². The Hall–Kier alpha value is -1.46. The summed E-state index contributed by atoms with van der Waals surface area (Å²) in [5.74, 6) is 0. The lowest BCUT2D eigenvalue weighted by atomic mass is 10.1. The third-order valence-corrected chi connectivity index (χ3v) is 2.25. The van der Waals surface area contributed by atoms with Gasteiger partial charge < -0.3 is 10.4 Å². The third kappa shape index (κ3) is 4.37. The van der Waals surface area contributed by atoms with Gasteiger partial charge in [-0.05, 0) is 24.9 Å². The molecule has 1 aromatic rings. The average Bonchev–Trinajstić information content (AvgIpc) is 2.29. The first-order chi connectivity index (χ1) is 7.74. The van der Waals surface area contributed by atoms with Crippen molar-refractivity contribution in [1.29, 1.82) is 0 Å². The minimum Gasteiger partial charge on any atom is -0.395 e. The van der Waals surface area contributed by atoms with Crippen molar-refractivity contribution in [2.75, 3.05) is 19.7 Å². The second kappa shape index (κ2) is 6.92. The normalized spacial score (nSPS) is 10.3. The molecule has 5 heteroatoms. The van der Waals surface area contributed by atoms with Gasteiger partial charge in [0.25, 0.3) is 5.69 Å². The molecule has 0 aliphatic heterocycles. The summed E-state index contributed by atoms with van der Waals surface area (Å²) in [7, 11) is 0. The Balaban J connectivity index is 2.29. The predicted molar refractivity (Wildman–Crippen MR) is 61.4 cm³/mol. The molecule has 1 rings (SSSR count). The van der Waals surface area contributed by atoms with E-state index in [4.69, 9.17) is 5.11 Å². The van der Waals surface area contributed by atoms with Crippen LogP contribution in [0.1, 0.15) is 12.0 Å². The zero-order chi connectivity index (χ0) is 11.8. The van der Waals surface area contributed by atoms with Crippen molar-refractivity contribution >= 4 is 5.69 Å². The van der Waals surface area contributed by atoms with Gasteiger partial charge in [0.1, 0.15) is 0 Å². The van der Waals surface area contributed by atoms with Gasteiger partial charge in [-0.1, -0.05) is 12.1 Å². The minimum atomic E-state index is -0.396. The Labute approximate surface area is 94.3 Å². The fourth-order valence-corrected chi connectivity index (χ4v) is 1.41. The fourth-order valence-electron chi connectivity index (χ4n) is 1.41. The number of hydrogen-bond acceptors (Lipinski definition) is 4. The molecule has 0 spiro atoms. The van der Waals surface area contributed by atoms with Gasteiger partial charge >= 0.3 is 0 Å². The van der Waals surface area contributed by atoms with E-state index in [-0.39, 0.29) is 12.3 Å². The van der Waals surface area contributed by atoms with Crippen molar-refractivity contribution in [3.05, 3.63) is 39.9 Å². The molecule has 0 heterocycles. The van der Waals surface area contributed by atoms with E-state index >= 15 is 0 Å². The van der Waals surface area contributed by atoms with Gasteiger partial charge in [0.15, 0.2) is 0 Å². The molecule has 0 bridgehead atoms. The van der Waals surface area contributed by atoms with Crippen LogP contribution in [0, 0.1) is 10.1 Å². The summed E-state index contributed by atoms with van der Waals surface area (Å²) in [5.41, 5.74) is 1.22. The molecule has 2 N–H and O–H groups in total. The predicted octanol–water partition coefficient (Wildman–Crippen LogP) is 1.11. The first kappa shape index (κ1) is 12.6. The van der Waals surface area contributed by atoms with E-state index < -0.39 is 4.92 Å². The minimum absolute atomic E-state index is 0.127. The first-order valence-corrected chi connectivity index (χ1v) is 5.29. The smallest absolute Gasteiger partial charge is 0.269 e. The fraction of sp³-hybridized carbons (Fsp3) is 0.455. The average molecular weight is 224 g/mol. The second-order valence-electron chi connectivity index (χ2n) is 3.50. The molecule has 0 radical (unpaired) electrons. The summed E-state index contributed by atoms with van der Waals surface area (Å²) < 4.78 is 0. The number of rotatable bonds is 7. The zero-order valence-electron chi connectivity index (χ0n) is 9.06. The van der Waals surface area contributed by atoms with E-state index in [2.05, 4.69) is 5.32 Å². The van der Waals surface area contributed by atoms with Crippen LogP contribution in [0.5, 0.6) is 0 Å². The molecular formula is C11H16N2O3. The second-order valence-corrected chi connectivity index (χ2v) is 3.50. The van der Waals surface area contributed by atoms with Gasteiger partial charge in [0, 0.05) is 18.7 Å². The molecular weight excluding hydrogens is 208 g/mol. The Kier molecular flexibility index (Phi) is 5.45. The van der Waals surface area contributed by atoms with Crippen molar-refractivity contribution in [3.8, 4) is 0 Å². The van der Waals surface area contributed by atoms with Crippen molar-refractivity contribution in [1.82, 2.24) is 5.32 Å². The van der Waals surface area contributed by atoms with Gasteiger partial charge in [-0.25, -0.2) is 0 Å². The maximum absolute atomic E-state index is 10.4. The summed E-state index contributed by atoms with van der Waals surface area (Å²) in [5, 5.41) is 22.0. The van der Waals surface area contributed by atoms with Crippen LogP contribution in [0.3, 0.4) is 0 Å². The third-order valence-electron chi connectivity index (χ3n) is 2.25. The highest BCUT2D eigenvalue weighted by Crippen LogP contribution is 2.12. The zero-order valence-corrected chi connectivity index (χ0v) is 9.06. The molecule has 1 aromatic carbocycles. The Morgan fingerprint density at radius 2 is 1.94 bits per heavy atom.